The Morgan fingerprint density at radius 2 is 2.13 bits per heavy atom. The molecule has 2 rings (SSSR count). The number of rotatable bonds is 4. The average Bonchev–Trinajstić information content (AvgIpc) is 3.09. The maximum Gasteiger partial charge on any atom is 0.122 e. The summed E-state index contributed by atoms with van der Waals surface area (Å²) in [6, 6.07) is 6.49. The minimum absolute atomic E-state index is 0.276. The van der Waals surface area contributed by atoms with E-state index >= 15 is 0 Å². The molecule has 2 heteroatoms. The lowest BCUT2D eigenvalue weighted by atomic mass is 9.95. The zero-order valence-corrected chi connectivity index (χ0v) is 10.1. The summed E-state index contributed by atoms with van der Waals surface area (Å²) in [5.74, 6) is 1.73. The Labute approximate surface area is 96.4 Å². The minimum Gasteiger partial charge on any atom is -0.496 e. The minimum atomic E-state index is 0.276. The van der Waals surface area contributed by atoms with Gasteiger partial charge in [0.25, 0.3) is 0 Å². The zero-order chi connectivity index (χ0) is 10.9. The summed E-state index contributed by atoms with van der Waals surface area (Å²) in [5, 5.41) is 0. The van der Waals surface area contributed by atoms with E-state index in [2.05, 4.69) is 25.1 Å². The number of hydrogen-bond acceptors (Lipinski definition) is 1. The molecule has 0 N–H and O–H groups in total. The molecule has 0 saturated heterocycles. The number of methoxy groups -OCH3 is 1. The summed E-state index contributed by atoms with van der Waals surface area (Å²) in [5.41, 5.74) is 2.94. The maximum atomic E-state index is 6.03. The van der Waals surface area contributed by atoms with Crippen LogP contribution >= 0.6 is 11.6 Å². The van der Waals surface area contributed by atoms with E-state index in [1.165, 1.54) is 24.0 Å². The molecule has 1 aromatic rings. The number of alkyl halides is 1. The van der Waals surface area contributed by atoms with Gasteiger partial charge in [0, 0.05) is 11.3 Å². The molecule has 0 bridgehead atoms. The fourth-order valence-corrected chi connectivity index (χ4v) is 2.46. The Morgan fingerprint density at radius 3 is 2.60 bits per heavy atom. The van der Waals surface area contributed by atoms with Crippen LogP contribution in [0.15, 0.2) is 18.2 Å². The van der Waals surface area contributed by atoms with Crippen molar-refractivity contribution in [2.75, 3.05) is 13.0 Å². The molecule has 82 valence electrons. The predicted molar refractivity (Wildman–Crippen MR) is 64.0 cm³/mol. The molecule has 0 aromatic heterocycles. The van der Waals surface area contributed by atoms with Crippen LogP contribution < -0.4 is 4.74 Å². The second kappa shape index (κ2) is 4.05. The van der Waals surface area contributed by atoms with Crippen LogP contribution in [0.3, 0.4) is 0 Å². The van der Waals surface area contributed by atoms with Crippen molar-refractivity contribution in [1.82, 2.24) is 0 Å². The first-order valence-electron chi connectivity index (χ1n) is 5.49. The van der Waals surface area contributed by atoms with E-state index in [4.69, 9.17) is 16.3 Å². The lowest BCUT2D eigenvalue weighted by molar-refractivity contribution is 0.410. The van der Waals surface area contributed by atoms with Crippen LogP contribution in [-0.4, -0.2) is 13.0 Å². The molecule has 0 atom stereocenters. The van der Waals surface area contributed by atoms with Crippen molar-refractivity contribution in [3.8, 4) is 5.75 Å². The van der Waals surface area contributed by atoms with E-state index in [0.717, 1.165) is 18.1 Å². The molecule has 0 spiro atoms. The summed E-state index contributed by atoms with van der Waals surface area (Å²) in [6.07, 6.45) is 3.47. The summed E-state index contributed by atoms with van der Waals surface area (Å²) in [7, 11) is 1.72. The fraction of sp³-hybridized carbons (Fsp3) is 0.538. The predicted octanol–water partition coefficient (Wildman–Crippen LogP) is 3.53. The molecule has 0 aliphatic heterocycles. The van der Waals surface area contributed by atoms with Crippen molar-refractivity contribution in [3.05, 3.63) is 29.3 Å². The van der Waals surface area contributed by atoms with Gasteiger partial charge in [0.15, 0.2) is 0 Å². The van der Waals surface area contributed by atoms with Gasteiger partial charge in [-0.15, -0.1) is 11.6 Å². The van der Waals surface area contributed by atoms with Gasteiger partial charge in [-0.1, -0.05) is 19.1 Å². The molecule has 1 nitrogen and oxygen atoms in total. The van der Waals surface area contributed by atoms with Crippen molar-refractivity contribution in [3.63, 3.8) is 0 Å². The third-order valence-electron chi connectivity index (χ3n) is 3.38. The van der Waals surface area contributed by atoms with E-state index in [0.29, 0.717) is 0 Å². The SMILES string of the molecule is CCc1cc(C2(CCl)CC2)ccc1OC. The normalized spacial score (nSPS) is 17.5. The molecule has 0 radical (unpaired) electrons. The van der Waals surface area contributed by atoms with E-state index in [1.54, 1.807) is 7.11 Å². The highest BCUT2D eigenvalue weighted by molar-refractivity contribution is 6.19. The summed E-state index contributed by atoms with van der Waals surface area (Å²) in [6.45, 7) is 2.15. The van der Waals surface area contributed by atoms with Gasteiger partial charge in [0.1, 0.15) is 5.75 Å². The maximum absolute atomic E-state index is 6.03. The van der Waals surface area contributed by atoms with Gasteiger partial charge in [-0.25, -0.2) is 0 Å². The second-order valence-electron chi connectivity index (χ2n) is 4.29. The molecular formula is C13H17ClO. The Balaban J connectivity index is 2.35. The number of benzene rings is 1. The lowest BCUT2D eigenvalue weighted by Gasteiger charge is -2.15. The quantitative estimate of drug-likeness (QED) is 0.711. The van der Waals surface area contributed by atoms with Gasteiger partial charge in [0.2, 0.25) is 0 Å². The van der Waals surface area contributed by atoms with Crippen LogP contribution in [0, 0.1) is 0 Å². The van der Waals surface area contributed by atoms with Crippen molar-refractivity contribution in [1.29, 1.82) is 0 Å². The number of halogens is 1. The van der Waals surface area contributed by atoms with Gasteiger partial charge in [-0.05, 0) is 36.5 Å². The first kappa shape index (κ1) is 10.8. The molecule has 1 saturated carbocycles. The molecule has 1 aliphatic rings. The summed E-state index contributed by atoms with van der Waals surface area (Å²) >= 11 is 6.03. The Kier molecular flexibility index (Phi) is 2.92. The molecule has 0 unspecified atom stereocenters. The molecule has 1 aliphatic carbocycles. The van der Waals surface area contributed by atoms with Crippen molar-refractivity contribution in [2.24, 2.45) is 0 Å². The van der Waals surface area contributed by atoms with E-state index in [-0.39, 0.29) is 5.41 Å². The van der Waals surface area contributed by atoms with Crippen LogP contribution in [0.5, 0.6) is 5.75 Å². The molecule has 0 amide bonds. The number of ether oxygens (including phenoxy) is 1. The van der Waals surface area contributed by atoms with E-state index in [1.807, 2.05) is 0 Å². The Hall–Kier alpha value is -0.690. The van der Waals surface area contributed by atoms with Gasteiger partial charge in [0.05, 0.1) is 7.11 Å². The van der Waals surface area contributed by atoms with Gasteiger partial charge in [-0.2, -0.15) is 0 Å². The van der Waals surface area contributed by atoms with Gasteiger partial charge >= 0.3 is 0 Å². The van der Waals surface area contributed by atoms with Crippen LogP contribution in [0.25, 0.3) is 0 Å². The van der Waals surface area contributed by atoms with Crippen molar-refractivity contribution in [2.45, 2.75) is 31.6 Å². The van der Waals surface area contributed by atoms with Crippen LogP contribution in [-0.2, 0) is 11.8 Å². The second-order valence-corrected chi connectivity index (χ2v) is 4.56. The summed E-state index contributed by atoms with van der Waals surface area (Å²) in [4.78, 5) is 0. The highest BCUT2D eigenvalue weighted by Gasteiger charge is 2.43. The highest BCUT2D eigenvalue weighted by atomic mass is 35.5. The Morgan fingerprint density at radius 1 is 1.40 bits per heavy atom. The molecule has 1 aromatic carbocycles. The average molecular weight is 225 g/mol. The molecular weight excluding hydrogens is 208 g/mol. The molecule has 0 heterocycles. The first-order valence-corrected chi connectivity index (χ1v) is 6.02. The van der Waals surface area contributed by atoms with Crippen molar-refractivity contribution >= 4 is 11.6 Å². The third kappa shape index (κ3) is 1.85. The van der Waals surface area contributed by atoms with Crippen LogP contribution in [0.2, 0.25) is 0 Å². The monoisotopic (exact) mass is 224 g/mol. The lowest BCUT2D eigenvalue weighted by Crippen LogP contribution is -2.08. The van der Waals surface area contributed by atoms with E-state index in [9.17, 15) is 0 Å². The zero-order valence-electron chi connectivity index (χ0n) is 9.35. The van der Waals surface area contributed by atoms with Gasteiger partial charge < -0.3 is 4.74 Å². The first-order chi connectivity index (χ1) is 7.25. The molecule has 1 fully saturated rings. The molecule has 15 heavy (non-hydrogen) atoms. The topological polar surface area (TPSA) is 9.23 Å². The summed E-state index contributed by atoms with van der Waals surface area (Å²) < 4.78 is 5.32. The number of aryl methyl sites for hydroxylation is 1. The van der Waals surface area contributed by atoms with Gasteiger partial charge in [-0.3, -0.25) is 0 Å². The van der Waals surface area contributed by atoms with Crippen LogP contribution in [0.1, 0.15) is 30.9 Å². The number of hydrogen-bond donors (Lipinski definition) is 0. The van der Waals surface area contributed by atoms with Crippen LogP contribution in [0.4, 0.5) is 0 Å². The largest absolute Gasteiger partial charge is 0.496 e. The highest BCUT2D eigenvalue weighted by Crippen LogP contribution is 2.49. The van der Waals surface area contributed by atoms with E-state index < -0.39 is 0 Å². The smallest absolute Gasteiger partial charge is 0.122 e. The standard InChI is InChI=1S/C13H17ClO/c1-3-10-8-11(4-5-12(10)15-2)13(9-14)6-7-13/h4-5,8H,3,6-7,9H2,1-2H3. The third-order valence-corrected chi connectivity index (χ3v) is 3.89. The fourth-order valence-electron chi connectivity index (χ4n) is 2.04. The van der Waals surface area contributed by atoms with Crippen molar-refractivity contribution < 1.29 is 4.74 Å². The Bertz CT molecular complexity index is 356.